The molecule has 0 fully saturated rings. The standard InChI is InChI=1S/C12H19NO2.ClH/c1-4-5-8-13-12(2,3)11(14)10-7-6-9-15-10;/h6-7,9,13H,4-5,8H2,1-3H3;1H. The van der Waals surface area contributed by atoms with Gasteiger partial charge in [0.25, 0.3) is 0 Å². The first-order valence-electron chi connectivity index (χ1n) is 5.41. The molecule has 0 aliphatic rings. The van der Waals surface area contributed by atoms with Crippen molar-refractivity contribution in [2.75, 3.05) is 6.54 Å². The number of carbonyl (C=O) groups excluding carboxylic acids is 1. The molecular formula is C12H20ClNO2. The summed E-state index contributed by atoms with van der Waals surface area (Å²) in [5.41, 5.74) is -0.549. The normalized spacial score (nSPS) is 10.9. The van der Waals surface area contributed by atoms with Gasteiger partial charge in [-0.1, -0.05) is 13.3 Å². The van der Waals surface area contributed by atoms with Gasteiger partial charge in [0.05, 0.1) is 11.8 Å². The molecule has 0 aliphatic carbocycles. The predicted octanol–water partition coefficient (Wildman–Crippen LogP) is 3.05. The minimum Gasteiger partial charge on any atom is -0.461 e. The zero-order chi connectivity index (χ0) is 11.3. The summed E-state index contributed by atoms with van der Waals surface area (Å²) in [6.07, 6.45) is 3.72. The summed E-state index contributed by atoms with van der Waals surface area (Å²) in [5, 5.41) is 3.24. The first-order chi connectivity index (χ1) is 7.08. The molecule has 0 bridgehead atoms. The van der Waals surface area contributed by atoms with Gasteiger partial charge >= 0.3 is 0 Å². The van der Waals surface area contributed by atoms with Gasteiger partial charge in [-0.05, 0) is 38.9 Å². The SMILES string of the molecule is CCCCNC(C)(C)C(=O)c1ccco1.Cl. The zero-order valence-electron chi connectivity index (χ0n) is 10.1. The second-order valence-electron chi connectivity index (χ2n) is 4.21. The van der Waals surface area contributed by atoms with Crippen LogP contribution in [0, 0.1) is 0 Å². The van der Waals surface area contributed by atoms with E-state index in [1.807, 2.05) is 13.8 Å². The molecule has 1 N–H and O–H groups in total. The first kappa shape index (κ1) is 15.2. The third-order valence-corrected chi connectivity index (χ3v) is 2.41. The minimum atomic E-state index is -0.549. The zero-order valence-corrected chi connectivity index (χ0v) is 10.9. The summed E-state index contributed by atoms with van der Waals surface area (Å²) in [6.45, 7) is 6.75. The fourth-order valence-corrected chi connectivity index (χ4v) is 1.37. The van der Waals surface area contributed by atoms with Gasteiger partial charge in [-0.15, -0.1) is 12.4 Å². The number of halogens is 1. The van der Waals surface area contributed by atoms with Crippen LogP contribution in [0.4, 0.5) is 0 Å². The molecule has 16 heavy (non-hydrogen) atoms. The van der Waals surface area contributed by atoms with Gasteiger partial charge < -0.3 is 9.73 Å². The largest absolute Gasteiger partial charge is 0.461 e. The van der Waals surface area contributed by atoms with E-state index in [2.05, 4.69) is 12.2 Å². The van der Waals surface area contributed by atoms with Crippen LogP contribution in [0.3, 0.4) is 0 Å². The average Bonchev–Trinajstić information content (AvgIpc) is 2.69. The highest BCUT2D eigenvalue weighted by molar-refractivity contribution is 6.00. The maximum absolute atomic E-state index is 12.0. The predicted molar refractivity (Wildman–Crippen MR) is 67.3 cm³/mol. The van der Waals surface area contributed by atoms with Crippen LogP contribution in [-0.2, 0) is 0 Å². The van der Waals surface area contributed by atoms with E-state index in [0.717, 1.165) is 19.4 Å². The van der Waals surface area contributed by atoms with E-state index >= 15 is 0 Å². The Hall–Kier alpha value is -0.800. The van der Waals surface area contributed by atoms with E-state index in [9.17, 15) is 4.79 Å². The Balaban J connectivity index is 0.00000225. The number of nitrogens with one attached hydrogen (secondary N) is 1. The van der Waals surface area contributed by atoms with Gasteiger partial charge in [0.1, 0.15) is 0 Å². The van der Waals surface area contributed by atoms with Crippen molar-refractivity contribution in [3.63, 3.8) is 0 Å². The van der Waals surface area contributed by atoms with Crippen molar-refractivity contribution in [3.8, 4) is 0 Å². The summed E-state index contributed by atoms with van der Waals surface area (Å²) < 4.78 is 5.10. The summed E-state index contributed by atoms with van der Waals surface area (Å²) in [6, 6.07) is 3.43. The quantitative estimate of drug-likeness (QED) is 0.619. The van der Waals surface area contributed by atoms with E-state index in [1.54, 1.807) is 12.1 Å². The van der Waals surface area contributed by atoms with Crippen LogP contribution in [0.2, 0.25) is 0 Å². The van der Waals surface area contributed by atoms with Crippen LogP contribution >= 0.6 is 12.4 Å². The number of rotatable bonds is 6. The molecule has 0 aliphatic heterocycles. The fourth-order valence-electron chi connectivity index (χ4n) is 1.37. The maximum atomic E-state index is 12.0. The third kappa shape index (κ3) is 3.99. The summed E-state index contributed by atoms with van der Waals surface area (Å²) in [7, 11) is 0. The molecule has 0 atom stereocenters. The van der Waals surface area contributed by atoms with Crippen LogP contribution in [-0.4, -0.2) is 17.9 Å². The van der Waals surface area contributed by atoms with Gasteiger partial charge in [0.15, 0.2) is 5.76 Å². The molecule has 0 aromatic carbocycles. The lowest BCUT2D eigenvalue weighted by Crippen LogP contribution is -2.47. The number of furan rings is 1. The molecule has 1 aromatic rings. The van der Waals surface area contributed by atoms with Gasteiger partial charge in [0, 0.05) is 0 Å². The molecular weight excluding hydrogens is 226 g/mol. The number of unbranched alkanes of at least 4 members (excludes halogenated alkanes) is 1. The van der Waals surface area contributed by atoms with E-state index in [1.165, 1.54) is 6.26 Å². The van der Waals surface area contributed by atoms with Crippen molar-refractivity contribution in [1.82, 2.24) is 5.32 Å². The number of carbonyl (C=O) groups is 1. The smallest absolute Gasteiger partial charge is 0.217 e. The van der Waals surface area contributed by atoms with Gasteiger partial charge in [-0.2, -0.15) is 0 Å². The Kier molecular flexibility index (Phi) is 6.38. The van der Waals surface area contributed by atoms with Crippen molar-refractivity contribution in [2.45, 2.75) is 39.2 Å². The van der Waals surface area contributed by atoms with Crippen molar-refractivity contribution in [2.24, 2.45) is 0 Å². The summed E-state index contributed by atoms with van der Waals surface area (Å²) >= 11 is 0. The van der Waals surface area contributed by atoms with E-state index in [0.29, 0.717) is 5.76 Å². The topological polar surface area (TPSA) is 42.2 Å². The van der Waals surface area contributed by atoms with Crippen LogP contribution in [0.15, 0.2) is 22.8 Å². The summed E-state index contributed by atoms with van der Waals surface area (Å²) in [5.74, 6) is 0.424. The molecule has 4 heteroatoms. The van der Waals surface area contributed by atoms with Crippen LogP contribution in [0.1, 0.15) is 44.2 Å². The van der Waals surface area contributed by atoms with Crippen molar-refractivity contribution >= 4 is 18.2 Å². The molecule has 0 saturated carbocycles. The highest BCUT2D eigenvalue weighted by Crippen LogP contribution is 2.13. The molecule has 1 aromatic heterocycles. The van der Waals surface area contributed by atoms with Crippen molar-refractivity contribution in [3.05, 3.63) is 24.2 Å². The molecule has 3 nitrogen and oxygen atoms in total. The Morgan fingerprint density at radius 1 is 1.50 bits per heavy atom. The molecule has 92 valence electrons. The monoisotopic (exact) mass is 245 g/mol. The van der Waals surface area contributed by atoms with Gasteiger partial charge in [-0.3, -0.25) is 4.79 Å². The molecule has 0 amide bonds. The fraction of sp³-hybridized carbons (Fsp3) is 0.583. The molecule has 0 radical (unpaired) electrons. The molecule has 0 spiro atoms. The second-order valence-corrected chi connectivity index (χ2v) is 4.21. The van der Waals surface area contributed by atoms with Crippen LogP contribution < -0.4 is 5.32 Å². The highest BCUT2D eigenvalue weighted by atomic mass is 35.5. The van der Waals surface area contributed by atoms with E-state index in [-0.39, 0.29) is 18.2 Å². The Bertz CT molecular complexity index is 307. The Labute approximate surface area is 103 Å². The number of Topliss-reactive ketones (excluding diaryl/α,β-unsaturated/α-hetero) is 1. The number of ketones is 1. The van der Waals surface area contributed by atoms with Crippen molar-refractivity contribution < 1.29 is 9.21 Å². The minimum absolute atomic E-state index is 0. The lowest BCUT2D eigenvalue weighted by molar-refractivity contribution is 0.0853. The maximum Gasteiger partial charge on any atom is 0.217 e. The van der Waals surface area contributed by atoms with Crippen LogP contribution in [0.5, 0.6) is 0 Å². The lowest BCUT2D eigenvalue weighted by Gasteiger charge is -2.23. The Morgan fingerprint density at radius 3 is 2.69 bits per heavy atom. The average molecular weight is 246 g/mol. The Morgan fingerprint density at radius 2 is 2.19 bits per heavy atom. The number of hydrogen-bond donors (Lipinski definition) is 1. The number of hydrogen-bond acceptors (Lipinski definition) is 3. The molecule has 0 unspecified atom stereocenters. The van der Waals surface area contributed by atoms with Gasteiger partial charge in [-0.25, -0.2) is 0 Å². The first-order valence-corrected chi connectivity index (χ1v) is 5.41. The lowest BCUT2D eigenvalue weighted by atomic mass is 9.97. The van der Waals surface area contributed by atoms with Crippen molar-refractivity contribution in [1.29, 1.82) is 0 Å². The van der Waals surface area contributed by atoms with Gasteiger partial charge in [0.2, 0.25) is 5.78 Å². The highest BCUT2D eigenvalue weighted by Gasteiger charge is 2.29. The van der Waals surface area contributed by atoms with Crippen LogP contribution in [0.25, 0.3) is 0 Å². The molecule has 0 saturated heterocycles. The molecule has 1 heterocycles. The van der Waals surface area contributed by atoms with E-state index in [4.69, 9.17) is 4.42 Å². The molecule has 1 rings (SSSR count). The second kappa shape index (κ2) is 6.71. The third-order valence-electron chi connectivity index (χ3n) is 2.41. The van der Waals surface area contributed by atoms with E-state index < -0.39 is 5.54 Å². The summed E-state index contributed by atoms with van der Waals surface area (Å²) in [4.78, 5) is 12.0.